The third-order valence-corrected chi connectivity index (χ3v) is 7.84. The fourth-order valence-corrected chi connectivity index (χ4v) is 5.50. The number of sulfonamides is 1. The van der Waals surface area contributed by atoms with E-state index < -0.39 is 10.0 Å². The Labute approximate surface area is 229 Å². The number of ether oxygens (including phenoxy) is 3. The molecule has 10 nitrogen and oxygen atoms in total. The van der Waals surface area contributed by atoms with Crippen molar-refractivity contribution in [3.63, 3.8) is 0 Å². The maximum absolute atomic E-state index is 12.8. The molecule has 0 saturated carbocycles. The van der Waals surface area contributed by atoms with Gasteiger partial charge in [0.25, 0.3) is 0 Å². The second-order valence-electron chi connectivity index (χ2n) is 9.13. The highest BCUT2D eigenvalue weighted by atomic mass is 32.2. The predicted molar refractivity (Wildman–Crippen MR) is 146 cm³/mol. The zero-order valence-electron chi connectivity index (χ0n) is 22.1. The van der Waals surface area contributed by atoms with Crippen LogP contribution in [0.2, 0.25) is 0 Å². The van der Waals surface area contributed by atoms with Gasteiger partial charge in [0.1, 0.15) is 34.4 Å². The molecule has 2 N–H and O–H groups in total. The van der Waals surface area contributed by atoms with Crippen LogP contribution in [-0.4, -0.2) is 65.0 Å². The lowest BCUT2D eigenvalue weighted by Gasteiger charge is -2.23. The van der Waals surface area contributed by atoms with Gasteiger partial charge in [-0.15, -0.1) is 0 Å². The van der Waals surface area contributed by atoms with Crippen LogP contribution in [0.4, 0.5) is 0 Å². The predicted octanol–water partition coefficient (Wildman–Crippen LogP) is 3.06. The van der Waals surface area contributed by atoms with Crippen molar-refractivity contribution >= 4 is 10.0 Å². The van der Waals surface area contributed by atoms with Gasteiger partial charge in [0.05, 0.1) is 31.6 Å². The Balaban J connectivity index is 1.50. The molecule has 0 atom stereocenters. The van der Waals surface area contributed by atoms with E-state index in [1.54, 1.807) is 30.5 Å². The van der Waals surface area contributed by atoms with Crippen LogP contribution in [0, 0.1) is 11.3 Å². The van der Waals surface area contributed by atoms with Gasteiger partial charge in [0.2, 0.25) is 10.0 Å². The second-order valence-corrected chi connectivity index (χ2v) is 10.9. The standard InChI is InChI=1S/C28H33N5O5S/c1-30-11-3-12-32-39(34,35)27-7-4-20(16-26(27)36-2)17-28-31-13-8-24(33-28)21-5-6-25(22(18-21)19-29)38-23-9-14-37-15-10-23/h4-8,13,16,18,23,30,32H,3,9-12,14-15,17H2,1-2H3. The number of benzene rings is 2. The average molecular weight is 552 g/mol. The summed E-state index contributed by atoms with van der Waals surface area (Å²) in [7, 11) is -0.451. The number of methoxy groups -OCH3 is 1. The van der Waals surface area contributed by atoms with Crippen molar-refractivity contribution in [1.82, 2.24) is 20.0 Å². The number of hydrogen-bond acceptors (Lipinski definition) is 9. The molecule has 1 saturated heterocycles. The summed E-state index contributed by atoms with van der Waals surface area (Å²) >= 11 is 0. The highest BCUT2D eigenvalue weighted by Crippen LogP contribution is 2.29. The molecular weight excluding hydrogens is 518 g/mol. The Hall–Kier alpha value is -3.56. The van der Waals surface area contributed by atoms with Gasteiger partial charge < -0.3 is 19.5 Å². The van der Waals surface area contributed by atoms with Crippen molar-refractivity contribution in [3.8, 4) is 28.8 Å². The molecule has 0 aliphatic carbocycles. The lowest BCUT2D eigenvalue weighted by atomic mass is 10.1. The fourth-order valence-electron chi connectivity index (χ4n) is 4.27. The first-order valence-corrected chi connectivity index (χ1v) is 14.3. The van der Waals surface area contributed by atoms with Gasteiger partial charge in [-0.2, -0.15) is 5.26 Å². The smallest absolute Gasteiger partial charge is 0.244 e. The average Bonchev–Trinajstić information content (AvgIpc) is 2.96. The van der Waals surface area contributed by atoms with Crippen LogP contribution in [0.25, 0.3) is 11.3 Å². The maximum atomic E-state index is 12.8. The van der Waals surface area contributed by atoms with Gasteiger partial charge in [-0.25, -0.2) is 23.1 Å². The van der Waals surface area contributed by atoms with Gasteiger partial charge in [-0.3, -0.25) is 0 Å². The van der Waals surface area contributed by atoms with Gasteiger partial charge in [-0.1, -0.05) is 6.07 Å². The topological polar surface area (TPSA) is 135 Å². The summed E-state index contributed by atoms with van der Waals surface area (Å²) in [4.78, 5) is 9.16. The molecular formula is C28H33N5O5S. The highest BCUT2D eigenvalue weighted by molar-refractivity contribution is 7.89. The van der Waals surface area contributed by atoms with Crippen molar-refractivity contribution in [2.75, 3.05) is 40.5 Å². The first-order valence-electron chi connectivity index (χ1n) is 12.9. The molecule has 1 fully saturated rings. The second kappa shape index (κ2) is 13.5. The van der Waals surface area contributed by atoms with Crippen molar-refractivity contribution in [1.29, 1.82) is 5.26 Å². The summed E-state index contributed by atoms with van der Waals surface area (Å²) in [5, 5.41) is 12.7. The first kappa shape index (κ1) is 28.4. The molecule has 4 rings (SSSR count). The molecule has 0 unspecified atom stereocenters. The quantitative estimate of drug-likeness (QED) is 0.326. The van der Waals surface area contributed by atoms with Crippen LogP contribution in [0.3, 0.4) is 0 Å². The van der Waals surface area contributed by atoms with Crippen molar-refractivity contribution in [3.05, 3.63) is 65.6 Å². The Morgan fingerprint density at radius 1 is 1.10 bits per heavy atom. The van der Waals surface area contributed by atoms with Gasteiger partial charge in [-0.05, 0) is 62.0 Å². The number of nitriles is 1. The summed E-state index contributed by atoms with van der Waals surface area (Å²) in [5.41, 5.74) is 2.69. The summed E-state index contributed by atoms with van der Waals surface area (Å²) in [5.74, 6) is 1.36. The maximum Gasteiger partial charge on any atom is 0.244 e. The number of aromatic nitrogens is 2. The van der Waals surface area contributed by atoms with Gasteiger partial charge in [0.15, 0.2) is 0 Å². The van der Waals surface area contributed by atoms with Crippen LogP contribution < -0.4 is 19.5 Å². The third-order valence-electron chi connectivity index (χ3n) is 6.34. The third kappa shape index (κ3) is 7.52. The van der Waals surface area contributed by atoms with Gasteiger partial charge in [0, 0.05) is 37.6 Å². The number of rotatable bonds is 12. The van der Waals surface area contributed by atoms with E-state index in [1.165, 1.54) is 13.2 Å². The molecule has 39 heavy (non-hydrogen) atoms. The lowest BCUT2D eigenvalue weighted by Crippen LogP contribution is -2.27. The summed E-state index contributed by atoms with van der Waals surface area (Å²) in [6, 6.07) is 14.4. The fraction of sp³-hybridized carbons (Fsp3) is 0.393. The largest absolute Gasteiger partial charge is 0.495 e. The van der Waals surface area contributed by atoms with E-state index in [2.05, 4.69) is 26.1 Å². The van der Waals surface area contributed by atoms with Crippen molar-refractivity contribution in [2.24, 2.45) is 0 Å². The van der Waals surface area contributed by atoms with E-state index in [1.807, 2.05) is 19.2 Å². The molecule has 1 aromatic heterocycles. The zero-order valence-corrected chi connectivity index (χ0v) is 23.0. The molecule has 2 heterocycles. The van der Waals surface area contributed by atoms with Crippen LogP contribution in [-0.2, 0) is 21.2 Å². The van der Waals surface area contributed by atoms with E-state index >= 15 is 0 Å². The molecule has 0 radical (unpaired) electrons. The normalized spacial score (nSPS) is 14.1. The van der Waals surface area contributed by atoms with Crippen molar-refractivity contribution < 1.29 is 22.6 Å². The first-order chi connectivity index (χ1) is 18.9. The van der Waals surface area contributed by atoms with Crippen molar-refractivity contribution in [2.45, 2.75) is 36.7 Å². The summed E-state index contributed by atoms with van der Waals surface area (Å²) in [6.45, 7) is 2.35. The minimum Gasteiger partial charge on any atom is -0.495 e. The molecule has 0 amide bonds. The van der Waals surface area contributed by atoms with E-state index in [9.17, 15) is 13.7 Å². The Bertz CT molecular complexity index is 1420. The summed E-state index contributed by atoms with van der Waals surface area (Å²) in [6.07, 6.45) is 4.34. The Kier molecular flexibility index (Phi) is 9.84. The minimum atomic E-state index is -3.71. The Morgan fingerprint density at radius 2 is 1.92 bits per heavy atom. The molecule has 1 aliphatic heterocycles. The molecule has 3 aromatic rings. The van der Waals surface area contributed by atoms with Crippen LogP contribution in [0.5, 0.6) is 11.5 Å². The van der Waals surface area contributed by atoms with Crippen LogP contribution in [0.15, 0.2) is 53.6 Å². The zero-order chi connectivity index (χ0) is 27.7. The van der Waals surface area contributed by atoms with E-state index in [0.29, 0.717) is 62.0 Å². The van der Waals surface area contributed by atoms with E-state index in [-0.39, 0.29) is 16.7 Å². The van der Waals surface area contributed by atoms with E-state index in [0.717, 1.165) is 24.0 Å². The van der Waals surface area contributed by atoms with Crippen LogP contribution >= 0.6 is 0 Å². The van der Waals surface area contributed by atoms with E-state index in [4.69, 9.17) is 14.2 Å². The monoisotopic (exact) mass is 551 g/mol. The minimum absolute atomic E-state index is 0.0369. The molecule has 2 aromatic carbocycles. The SMILES string of the molecule is CNCCCNS(=O)(=O)c1ccc(Cc2nccc(-c3ccc(OC4CCOCC4)c(C#N)c3)n2)cc1OC. The molecule has 11 heteroatoms. The highest BCUT2D eigenvalue weighted by Gasteiger charge is 2.20. The van der Waals surface area contributed by atoms with Crippen LogP contribution in [0.1, 0.15) is 36.2 Å². The lowest BCUT2D eigenvalue weighted by molar-refractivity contribution is 0.0254. The Morgan fingerprint density at radius 3 is 2.67 bits per heavy atom. The van der Waals surface area contributed by atoms with Gasteiger partial charge >= 0.3 is 0 Å². The molecule has 206 valence electrons. The molecule has 1 aliphatic rings. The molecule has 0 spiro atoms. The number of hydrogen-bond donors (Lipinski definition) is 2. The summed E-state index contributed by atoms with van der Waals surface area (Å²) < 4.78 is 45.0. The molecule has 0 bridgehead atoms. The number of nitrogens with zero attached hydrogens (tertiary/aromatic N) is 3. The number of nitrogens with one attached hydrogen (secondary N) is 2.